The van der Waals surface area contributed by atoms with Crippen molar-refractivity contribution in [1.29, 1.82) is 0 Å². The number of nitrogens with zero attached hydrogens (tertiary/aromatic N) is 1. The predicted octanol–water partition coefficient (Wildman–Crippen LogP) is 1.24. The second-order valence-corrected chi connectivity index (χ2v) is 5.12. The second kappa shape index (κ2) is 5.28. The first kappa shape index (κ1) is 11.4. The first-order valence-electron chi connectivity index (χ1n) is 6.35. The standard InChI is InChI=1S/C12H24N2O/c1-10-7-14(8-11(2)15-10)9-12-5-3-4-6-13-12/h10-13H,3-9H2,1-2H3/t10-,11-,12-/m0/s1. The van der Waals surface area contributed by atoms with Crippen molar-refractivity contribution >= 4 is 0 Å². The molecule has 2 heterocycles. The molecule has 3 nitrogen and oxygen atoms in total. The van der Waals surface area contributed by atoms with Crippen LogP contribution < -0.4 is 5.32 Å². The van der Waals surface area contributed by atoms with E-state index in [1.807, 2.05) is 0 Å². The molecule has 0 saturated carbocycles. The quantitative estimate of drug-likeness (QED) is 0.745. The maximum absolute atomic E-state index is 5.74. The molecule has 0 unspecified atom stereocenters. The smallest absolute Gasteiger partial charge is 0.0678 e. The highest BCUT2D eigenvalue weighted by Gasteiger charge is 2.24. The Morgan fingerprint density at radius 1 is 1.20 bits per heavy atom. The zero-order valence-corrected chi connectivity index (χ0v) is 10.0. The van der Waals surface area contributed by atoms with Gasteiger partial charge < -0.3 is 10.1 Å². The number of rotatable bonds is 2. The zero-order chi connectivity index (χ0) is 10.7. The van der Waals surface area contributed by atoms with Crippen LogP contribution in [0.5, 0.6) is 0 Å². The molecule has 0 amide bonds. The van der Waals surface area contributed by atoms with E-state index in [9.17, 15) is 0 Å². The van der Waals surface area contributed by atoms with Gasteiger partial charge in [-0.1, -0.05) is 6.42 Å². The molecule has 2 saturated heterocycles. The predicted molar refractivity (Wildman–Crippen MR) is 62.1 cm³/mol. The molecule has 3 atom stereocenters. The Balaban J connectivity index is 1.77. The van der Waals surface area contributed by atoms with Gasteiger partial charge in [-0.2, -0.15) is 0 Å². The molecule has 0 bridgehead atoms. The summed E-state index contributed by atoms with van der Waals surface area (Å²) in [5.41, 5.74) is 0. The minimum Gasteiger partial charge on any atom is -0.373 e. The van der Waals surface area contributed by atoms with E-state index >= 15 is 0 Å². The Morgan fingerprint density at radius 2 is 1.93 bits per heavy atom. The van der Waals surface area contributed by atoms with E-state index in [0.717, 1.165) is 19.1 Å². The van der Waals surface area contributed by atoms with Crippen LogP contribution in [0.3, 0.4) is 0 Å². The molecule has 1 N–H and O–H groups in total. The van der Waals surface area contributed by atoms with Crippen LogP contribution >= 0.6 is 0 Å². The van der Waals surface area contributed by atoms with Crippen LogP contribution in [0.2, 0.25) is 0 Å². The molecule has 2 rings (SSSR count). The van der Waals surface area contributed by atoms with Crippen molar-refractivity contribution in [2.45, 2.75) is 51.4 Å². The lowest BCUT2D eigenvalue weighted by Gasteiger charge is -2.38. The fourth-order valence-electron chi connectivity index (χ4n) is 2.82. The monoisotopic (exact) mass is 212 g/mol. The van der Waals surface area contributed by atoms with Gasteiger partial charge in [-0.05, 0) is 33.2 Å². The first-order valence-corrected chi connectivity index (χ1v) is 6.35. The Morgan fingerprint density at radius 3 is 2.53 bits per heavy atom. The second-order valence-electron chi connectivity index (χ2n) is 5.12. The van der Waals surface area contributed by atoms with E-state index in [-0.39, 0.29) is 0 Å². The molecule has 3 heteroatoms. The fraction of sp³-hybridized carbons (Fsp3) is 1.00. The molecule has 15 heavy (non-hydrogen) atoms. The van der Waals surface area contributed by atoms with Crippen LogP contribution in [0, 0.1) is 0 Å². The van der Waals surface area contributed by atoms with Crippen molar-refractivity contribution in [2.24, 2.45) is 0 Å². The number of morpholine rings is 1. The average Bonchev–Trinajstić information content (AvgIpc) is 2.17. The van der Waals surface area contributed by atoms with Crippen LogP contribution in [0.15, 0.2) is 0 Å². The number of piperidine rings is 1. The summed E-state index contributed by atoms with van der Waals surface area (Å²) < 4.78 is 5.74. The van der Waals surface area contributed by atoms with E-state index in [4.69, 9.17) is 4.74 Å². The van der Waals surface area contributed by atoms with Gasteiger partial charge >= 0.3 is 0 Å². The summed E-state index contributed by atoms with van der Waals surface area (Å²) in [6, 6.07) is 0.719. The summed E-state index contributed by atoms with van der Waals surface area (Å²) in [7, 11) is 0. The molecule has 0 aromatic rings. The Labute approximate surface area is 93.2 Å². The van der Waals surface area contributed by atoms with Crippen LogP contribution in [-0.4, -0.2) is 49.3 Å². The van der Waals surface area contributed by atoms with Gasteiger partial charge in [0, 0.05) is 25.7 Å². The minimum absolute atomic E-state index is 0.400. The Bertz CT molecular complexity index is 182. The maximum Gasteiger partial charge on any atom is 0.0678 e. The van der Waals surface area contributed by atoms with Gasteiger partial charge in [0.15, 0.2) is 0 Å². The van der Waals surface area contributed by atoms with E-state index in [2.05, 4.69) is 24.1 Å². The Kier molecular flexibility index (Phi) is 4.00. The molecule has 0 spiro atoms. The first-order chi connectivity index (χ1) is 7.24. The lowest BCUT2D eigenvalue weighted by Crippen LogP contribution is -2.51. The van der Waals surface area contributed by atoms with Crippen molar-refractivity contribution < 1.29 is 4.74 Å². The largest absolute Gasteiger partial charge is 0.373 e. The van der Waals surface area contributed by atoms with Gasteiger partial charge in [0.05, 0.1) is 12.2 Å². The summed E-state index contributed by atoms with van der Waals surface area (Å²) in [5, 5.41) is 3.61. The van der Waals surface area contributed by atoms with E-state index in [0.29, 0.717) is 12.2 Å². The van der Waals surface area contributed by atoms with Crippen LogP contribution in [0.4, 0.5) is 0 Å². The number of hydrogen-bond donors (Lipinski definition) is 1. The van der Waals surface area contributed by atoms with Gasteiger partial charge in [0.25, 0.3) is 0 Å². The van der Waals surface area contributed by atoms with E-state index < -0.39 is 0 Å². The molecule has 88 valence electrons. The third kappa shape index (κ3) is 3.44. The lowest BCUT2D eigenvalue weighted by atomic mass is 10.0. The molecule has 0 radical (unpaired) electrons. The molecule has 0 aromatic heterocycles. The van der Waals surface area contributed by atoms with Gasteiger partial charge in [-0.3, -0.25) is 4.90 Å². The third-order valence-electron chi connectivity index (χ3n) is 3.39. The Hall–Kier alpha value is -0.120. The summed E-state index contributed by atoms with van der Waals surface area (Å²) in [6.07, 6.45) is 4.90. The average molecular weight is 212 g/mol. The van der Waals surface area contributed by atoms with Crippen molar-refractivity contribution in [2.75, 3.05) is 26.2 Å². The van der Waals surface area contributed by atoms with Gasteiger partial charge in [-0.15, -0.1) is 0 Å². The van der Waals surface area contributed by atoms with Gasteiger partial charge in [0.1, 0.15) is 0 Å². The molecular weight excluding hydrogens is 188 g/mol. The lowest BCUT2D eigenvalue weighted by molar-refractivity contribution is -0.0703. The molecule has 2 aliphatic rings. The number of hydrogen-bond acceptors (Lipinski definition) is 3. The van der Waals surface area contributed by atoms with Gasteiger partial charge in [0.2, 0.25) is 0 Å². The molecule has 2 fully saturated rings. The molecular formula is C12H24N2O. The van der Waals surface area contributed by atoms with Crippen molar-refractivity contribution in [3.63, 3.8) is 0 Å². The van der Waals surface area contributed by atoms with Crippen molar-refractivity contribution in [3.8, 4) is 0 Å². The summed E-state index contributed by atoms with van der Waals surface area (Å²) >= 11 is 0. The molecule has 0 aromatic carbocycles. The van der Waals surface area contributed by atoms with Crippen LogP contribution in [0.25, 0.3) is 0 Å². The fourth-order valence-corrected chi connectivity index (χ4v) is 2.82. The highest BCUT2D eigenvalue weighted by atomic mass is 16.5. The summed E-state index contributed by atoms with van der Waals surface area (Å²) in [6.45, 7) is 8.97. The summed E-state index contributed by atoms with van der Waals surface area (Å²) in [4.78, 5) is 2.56. The molecule has 2 aliphatic heterocycles. The molecule has 0 aliphatic carbocycles. The minimum atomic E-state index is 0.400. The van der Waals surface area contributed by atoms with Gasteiger partial charge in [-0.25, -0.2) is 0 Å². The highest BCUT2D eigenvalue weighted by Crippen LogP contribution is 2.14. The summed E-state index contributed by atoms with van der Waals surface area (Å²) in [5.74, 6) is 0. The number of nitrogens with one attached hydrogen (secondary N) is 1. The number of ether oxygens (including phenoxy) is 1. The van der Waals surface area contributed by atoms with E-state index in [1.54, 1.807) is 0 Å². The SMILES string of the molecule is C[C@H]1CN(C[C@@H]2CCCCN2)C[C@H](C)O1. The van der Waals surface area contributed by atoms with E-state index in [1.165, 1.54) is 32.4 Å². The highest BCUT2D eigenvalue weighted by molar-refractivity contribution is 4.80. The van der Waals surface area contributed by atoms with Crippen molar-refractivity contribution in [3.05, 3.63) is 0 Å². The van der Waals surface area contributed by atoms with Crippen LogP contribution in [-0.2, 0) is 4.74 Å². The van der Waals surface area contributed by atoms with Crippen LogP contribution in [0.1, 0.15) is 33.1 Å². The maximum atomic E-state index is 5.74. The third-order valence-corrected chi connectivity index (χ3v) is 3.39. The topological polar surface area (TPSA) is 24.5 Å². The zero-order valence-electron chi connectivity index (χ0n) is 10.0. The normalized spacial score (nSPS) is 39.2. The van der Waals surface area contributed by atoms with Crippen molar-refractivity contribution in [1.82, 2.24) is 10.2 Å².